The molecule has 3 aromatic rings. The van der Waals surface area contributed by atoms with E-state index in [0.29, 0.717) is 6.54 Å². The minimum atomic E-state index is -0.990. The van der Waals surface area contributed by atoms with Gasteiger partial charge in [-0.2, -0.15) is 0 Å². The van der Waals surface area contributed by atoms with E-state index >= 15 is 0 Å². The highest BCUT2D eigenvalue weighted by atomic mass is 16.4. The number of pyridine rings is 2. The molecule has 0 saturated carbocycles. The van der Waals surface area contributed by atoms with E-state index in [9.17, 15) is 14.4 Å². The van der Waals surface area contributed by atoms with Crippen LogP contribution in [0.15, 0.2) is 77.7 Å². The Morgan fingerprint density at radius 1 is 0.962 bits per heavy atom. The summed E-state index contributed by atoms with van der Waals surface area (Å²) in [5.74, 6) is -1.28. The molecule has 7 nitrogen and oxygen atoms in total. The van der Waals surface area contributed by atoms with Crippen LogP contribution in [0.2, 0.25) is 0 Å². The Morgan fingerprint density at radius 2 is 1.69 bits per heavy atom. The van der Waals surface area contributed by atoms with Crippen molar-refractivity contribution in [2.75, 3.05) is 0 Å². The molecule has 7 heteroatoms. The zero-order valence-corrected chi connectivity index (χ0v) is 13.8. The lowest BCUT2D eigenvalue weighted by molar-refractivity contribution is 0.0690. The highest BCUT2D eigenvalue weighted by Gasteiger charge is 2.05. The Morgan fingerprint density at radius 3 is 2.27 bits per heavy atom. The molecule has 132 valence electrons. The molecule has 3 N–H and O–H groups in total. The molecule has 1 amide bonds. The molecule has 26 heavy (non-hydrogen) atoms. The van der Waals surface area contributed by atoms with E-state index in [-0.39, 0.29) is 22.9 Å². The van der Waals surface area contributed by atoms with Crippen molar-refractivity contribution in [1.29, 1.82) is 0 Å². The van der Waals surface area contributed by atoms with Crippen molar-refractivity contribution >= 4 is 11.9 Å². The monoisotopic (exact) mass is 351 g/mol. The van der Waals surface area contributed by atoms with Crippen LogP contribution >= 0.6 is 0 Å². The summed E-state index contributed by atoms with van der Waals surface area (Å²) in [5.41, 5.74) is 1.09. The van der Waals surface area contributed by atoms with Gasteiger partial charge in [-0.25, -0.2) is 9.78 Å². The van der Waals surface area contributed by atoms with Crippen LogP contribution in [0.4, 0.5) is 0 Å². The van der Waals surface area contributed by atoms with E-state index in [2.05, 4.69) is 15.3 Å². The zero-order valence-electron chi connectivity index (χ0n) is 13.8. The number of benzene rings is 1. The molecular weight excluding hydrogens is 334 g/mol. The molecule has 3 rings (SSSR count). The number of rotatable bonds is 4. The lowest BCUT2D eigenvalue weighted by atomic mass is 10.2. The first kappa shape index (κ1) is 18.6. The molecule has 0 atom stereocenters. The molecule has 0 bridgehead atoms. The number of carboxylic acid groups (broad SMARTS) is 1. The minimum absolute atomic E-state index is 0.0810. The van der Waals surface area contributed by atoms with Crippen molar-refractivity contribution in [2.45, 2.75) is 6.54 Å². The van der Waals surface area contributed by atoms with Gasteiger partial charge in [0.15, 0.2) is 0 Å². The van der Waals surface area contributed by atoms with Gasteiger partial charge in [0.25, 0.3) is 5.91 Å². The van der Waals surface area contributed by atoms with Crippen LogP contribution in [0.5, 0.6) is 0 Å². The van der Waals surface area contributed by atoms with Gasteiger partial charge in [-0.05, 0) is 23.8 Å². The molecule has 0 aliphatic heterocycles. The summed E-state index contributed by atoms with van der Waals surface area (Å²) >= 11 is 0. The summed E-state index contributed by atoms with van der Waals surface area (Å²) < 4.78 is 0. The fourth-order valence-electron chi connectivity index (χ4n) is 1.94. The average molecular weight is 351 g/mol. The summed E-state index contributed by atoms with van der Waals surface area (Å²) in [6.07, 6.45) is 1.45. The van der Waals surface area contributed by atoms with Gasteiger partial charge in [0, 0.05) is 18.8 Å². The molecule has 0 radical (unpaired) electrons. The highest BCUT2D eigenvalue weighted by molar-refractivity contribution is 5.92. The predicted octanol–water partition coefficient (Wildman–Crippen LogP) is 2.08. The Hall–Kier alpha value is -3.74. The summed E-state index contributed by atoms with van der Waals surface area (Å²) in [7, 11) is 0. The first-order valence-corrected chi connectivity index (χ1v) is 7.72. The van der Waals surface area contributed by atoms with E-state index in [1.807, 2.05) is 30.3 Å². The number of amides is 1. The normalized spacial score (nSPS) is 9.54. The first-order chi connectivity index (χ1) is 12.6. The number of carbonyl (C=O) groups is 2. The molecule has 0 saturated heterocycles. The number of carboxylic acids is 1. The Kier molecular flexibility index (Phi) is 6.82. The van der Waals surface area contributed by atoms with Crippen molar-refractivity contribution in [1.82, 2.24) is 15.3 Å². The number of aromatic amines is 1. The summed E-state index contributed by atoms with van der Waals surface area (Å²) in [4.78, 5) is 38.9. The van der Waals surface area contributed by atoms with Crippen LogP contribution in [0.3, 0.4) is 0 Å². The minimum Gasteiger partial charge on any atom is -0.477 e. The van der Waals surface area contributed by atoms with E-state index in [4.69, 9.17) is 5.11 Å². The van der Waals surface area contributed by atoms with E-state index in [1.165, 1.54) is 18.3 Å². The van der Waals surface area contributed by atoms with Crippen molar-refractivity contribution in [2.24, 2.45) is 0 Å². The number of nitrogens with zero attached hydrogens (tertiary/aromatic N) is 1. The highest BCUT2D eigenvalue weighted by Crippen LogP contribution is 1.98. The SMILES string of the molecule is O=C(NCc1ccccc1)c1cccc(=O)[nH]1.O=C(O)c1ccccn1. The average Bonchev–Trinajstić information content (AvgIpc) is 2.68. The van der Waals surface area contributed by atoms with Gasteiger partial charge in [-0.15, -0.1) is 0 Å². The number of carbonyl (C=O) groups excluding carboxylic acids is 1. The third-order valence-electron chi connectivity index (χ3n) is 3.19. The molecule has 2 aromatic heterocycles. The van der Waals surface area contributed by atoms with Crippen LogP contribution in [0.25, 0.3) is 0 Å². The maximum Gasteiger partial charge on any atom is 0.354 e. The Balaban J connectivity index is 0.000000228. The third kappa shape index (κ3) is 6.04. The first-order valence-electron chi connectivity index (χ1n) is 7.72. The van der Waals surface area contributed by atoms with Crippen LogP contribution < -0.4 is 10.9 Å². The Labute approximate surface area is 149 Å². The van der Waals surface area contributed by atoms with Gasteiger partial charge in [-0.1, -0.05) is 42.5 Å². The molecular formula is C19H17N3O4. The van der Waals surface area contributed by atoms with Crippen molar-refractivity contribution < 1.29 is 14.7 Å². The van der Waals surface area contributed by atoms with Gasteiger partial charge in [0.2, 0.25) is 5.56 Å². The van der Waals surface area contributed by atoms with Gasteiger partial charge < -0.3 is 15.4 Å². The van der Waals surface area contributed by atoms with E-state index in [1.54, 1.807) is 24.3 Å². The van der Waals surface area contributed by atoms with Crippen molar-refractivity contribution in [3.05, 3.63) is 100 Å². The molecule has 0 aliphatic rings. The Bertz CT molecular complexity index is 909. The quantitative estimate of drug-likeness (QED) is 0.666. The van der Waals surface area contributed by atoms with Crippen LogP contribution in [-0.4, -0.2) is 27.0 Å². The van der Waals surface area contributed by atoms with Crippen molar-refractivity contribution in [3.63, 3.8) is 0 Å². The number of aromatic nitrogens is 2. The topological polar surface area (TPSA) is 112 Å². The van der Waals surface area contributed by atoms with E-state index in [0.717, 1.165) is 5.56 Å². The molecule has 0 spiro atoms. The standard InChI is InChI=1S/C13H12N2O2.C6H5NO2/c16-12-8-4-7-11(15-12)13(17)14-9-10-5-2-1-3-6-10;8-6(9)5-3-1-2-4-7-5/h1-8H,9H2,(H,14,17)(H,15,16);1-4H,(H,8,9). The second-order valence-electron chi connectivity index (χ2n) is 5.12. The summed E-state index contributed by atoms with van der Waals surface area (Å²) in [6, 6.07) is 18.8. The summed E-state index contributed by atoms with van der Waals surface area (Å²) in [6.45, 7) is 0.441. The second-order valence-corrected chi connectivity index (χ2v) is 5.12. The third-order valence-corrected chi connectivity index (χ3v) is 3.19. The van der Waals surface area contributed by atoms with Gasteiger partial charge in [-0.3, -0.25) is 9.59 Å². The maximum absolute atomic E-state index is 11.7. The number of aromatic carboxylic acids is 1. The van der Waals surface area contributed by atoms with Gasteiger partial charge in [0.05, 0.1) is 0 Å². The van der Waals surface area contributed by atoms with Crippen molar-refractivity contribution in [3.8, 4) is 0 Å². The van der Waals surface area contributed by atoms with Crippen LogP contribution in [0.1, 0.15) is 26.5 Å². The number of H-pyrrole nitrogens is 1. The number of hydrogen-bond donors (Lipinski definition) is 3. The van der Waals surface area contributed by atoms with Gasteiger partial charge in [0.1, 0.15) is 11.4 Å². The lowest BCUT2D eigenvalue weighted by Gasteiger charge is -2.04. The molecule has 0 unspecified atom stereocenters. The summed E-state index contributed by atoms with van der Waals surface area (Å²) in [5, 5.41) is 11.1. The fraction of sp³-hybridized carbons (Fsp3) is 0.0526. The van der Waals surface area contributed by atoms with E-state index < -0.39 is 5.97 Å². The fourth-order valence-corrected chi connectivity index (χ4v) is 1.94. The number of nitrogens with one attached hydrogen (secondary N) is 2. The predicted molar refractivity (Wildman–Crippen MR) is 95.9 cm³/mol. The van der Waals surface area contributed by atoms with Crippen LogP contribution in [0, 0.1) is 0 Å². The lowest BCUT2D eigenvalue weighted by Crippen LogP contribution is -2.25. The number of hydrogen-bond acceptors (Lipinski definition) is 4. The molecule has 1 aromatic carbocycles. The largest absolute Gasteiger partial charge is 0.477 e. The molecule has 2 heterocycles. The molecule has 0 aliphatic carbocycles. The second kappa shape index (κ2) is 9.53. The zero-order chi connectivity index (χ0) is 18.8. The van der Waals surface area contributed by atoms with Gasteiger partial charge >= 0.3 is 5.97 Å². The van der Waals surface area contributed by atoms with Crippen LogP contribution in [-0.2, 0) is 6.54 Å². The smallest absolute Gasteiger partial charge is 0.354 e. The molecule has 0 fully saturated rings. The maximum atomic E-state index is 11.7.